The molecule has 0 aliphatic heterocycles. The lowest BCUT2D eigenvalue weighted by Crippen LogP contribution is -2.46. The molecule has 4 nitrogen and oxygen atoms in total. The number of rotatable bonds is 7. The number of hydrogen-bond donors (Lipinski definition) is 2. The second-order valence-electron chi connectivity index (χ2n) is 3.35. The fraction of sp³-hybridized carbons (Fsp3) is 0.889. The van der Waals surface area contributed by atoms with Crippen LogP contribution in [0.4, 0.5) is 0 Å². The van der Waals surface area contributed by atoms with Gasteiger partial charge in [0.2, 0.25) is 0 Å². The summed E-state index contributed by atoms with van der Waals surface area (Å²) in [5, 5.41) is 8.54. The van der Waals surface area contributed by atoms with Crippen LogP contribution < -0.4 is 5.73 Å². The Bertz CT molecular complexity index is 173. The lowest BCUT2D eigenvalue weighted by atomic mass is 10.0. The minimum absolute atomic E-state index is 0.212. The van der Waals surface area contributed by atoms with Crippen LogP contribution in [0.5, 0.6) is 0 Å². The Morgan fingerprint density at radius 3 is 2.71 bits per heavy atom. The average Bonchev–Trinajstić information content (AvgIpc) is 2.16. The van der Waals surface area contributed by atoms with Crippen LogP contribution in [0.25, 0.3) is 0 Å². The minimum Gasteiger partial charge on any atom is -0.468 e. The predicted octanol–water partition coefficient (Wildman–Crippen LogP) is 0.382. The third-order valence-corrected chi connectivity index (χ3v) is 2.93. The van der Waals surface area contributed by atoms with E-state index in [-0.39, 0.29) is 12.6 Å². The van der Waals surface area contributed by atoms with Crippen molar-refractivity contribution in [2.75, 3.05) is 25.2 Å². The Morgan fingerprint density at radius 1 is 1.57 bits per heavy atom. The summed E-state index contributed by atoms with van der Waals surface area (Å²) in [4.78, 5) is 11.2. The standard InChI is InChI=1S/C9H19NO3S/c1-9(10,8(12)13-2)4-7-14-6-3-5-11/h11H,3-7,10H2,1-2H3. The Kier molecular flexibility index (Phi) is 6.96. The molecule has 0 saturated carbocycles. The van der Waals surface area contributed by atoms with E-state index >= 15 is 0 Å². The molecule has 0 bridgehead atoms. The SMILES string of the molecule is COC(=O)C(C)(N)CCSCCCO. The summed E-state index contributed by atoms with van der Waals surface area (Å²) in [5.41, 5.74) is 4.86. The van der Waals surface area contributed by atoms with Crippen LogP contribution in [0.2, 0.25) is 0 Å². The molecule has 14 heavy (non-hydrogen) atoms. The summed E-state index contributed by atoms with van der Waals surface area (Å²) >= 11 is 1.68. The number of carbonyl (C=O) groups is 1. The van der Waals surface area contributed by atoms with Crippen LogP contribution >= 0.6 is 11.8 Å². The molecule has 5 heteroatoms. The number of hydrogen-bond acceptors (Lipinski definition) is 5. The van der Waals surface area contributed by atoms with E-state index in [9.17, 15) is 4.79 Å². The van der Waals surface area contributed by atoms with E-state index in [4.69, 9.17) is 10.8 Å². The van der Waals surface area contributed by atoms with E-state index in [1.54, 1.807) is 18.7 Å². The molecule has 84 valence electrons. The molecule has 0 radical (unpaired) electrons. The summed E-state index contributed by atoms with van der Waals surface area (Å²) in [6.07, 6.45) is 1.37. The second kappa shape index (κ2) is 7.09. The van der Waals surface area contributed by atoms with Crippen molar-refractivity contribution < 1.29 is 14.6 Å². The van der Waals surface area contributed by atoms with Gasteiger partial charge in [0.15, 0.2) is 0 Å². The van der Waals surface area contributed by atoms with Gasteiger partial charge in [0.25, 0.3) is 0 Å². The zero-order chi connectivity index (χ0) is 11.0. The topological polar surface area (TPSA) is 72.5 Å². The molecule has 0 aromatic rings. The molecule has 0 rings (SSSR count). The Hall–Kier alpha value is -0.260. The Morgan fingerprint density at radius 2 is 2.21 bits per heavy atom. The zero-order valence-corrected chi connectivity index (χ0v) is 9.60. The molecule has 0 spiro atoms. The van der Waals surface area contributed by atoms with Gasteiger partial charge in [0.1, 0.15) is 5.54 Å². The first-order valence-corrected chi connectivity index (χ1v) is 5.76. The number of aliphatic hydroxyl groups excluding tert-OH is 1. The van der Waals surface area contributed by atoms with Crippen LogP contribution in [0.15, 0.2) is 0 Å². The number of thioether (sulfide) groups is 1. The maximum Gasteiger partial charge on any atom is 0.325 e. The van der Waals surface area contributed by atoms with Crippen molar-refractivity contribution in [2.24, 2.45) is 5.73 Å². The lowest BCUT2D eigenvalue weighted by molar-refractivity contribution is -0.146. The van der Waals surface area contributed by atoms with Gasteiger partial charge in [0.05, 0.1) is 7.11 Å². The molecule has 0 aliphatic carbocycles. The van der Waals surface area contributed by atoms with Crippen molar-refractivity contribution in [3.8, 4) is 0 Å². The van der Waals surface area contributed by atoms with E-state index < -0.39 is 5.54 Å². The van der Waals surface area contributed by atoms with Gasteiger partial charge < -0.3 is 15.6 Å². The summed E-state index contributed by atoms with van der Waals surface area (Å²) in [5.74, 6) is 1.33. The molecular weight excluding hydrogens is 202 g/mol. The van der Waals surface area contributed by atoms with Gasteiger partial charge in [-0.05, 0) is 31.3 Å². The van der Waals surface area contributed by atoms with Crippen LogP contribution in [0.3, 0.4) is 0 Å². The molecule has 0 heterocycles. The molecule has 0 aromatic heterocycles. The van der Waals surface area contributed by atoms with Crippen molar-refractivity contribution in [3.05, 3.63) is 0 Å². The van der Waals surface area contributed by atoms with E-state index in [1.807, 2.05) is 0 Å². The van der Waals surface area contributed by atoms with Crippen molar-refractivity contribution in [2.45, 2.75) is 25.3 Å². The van der Waals surface area contributed by atoms with Gasteiger partial charge in [-0.1, -0.05) is 0 Å². The maximum absolute atomic E-state index is 11.2. The van der Waals surface area contributed by atoms with Crippen LogP contribution in [0, 0.1) is 0 Å². The molecule has 0 amide bonds. The van der Waals surface area contributed by atoms with Crippen LogP contribution in [0.1, 0.15) is 19.8 Å². The summed E-state index contributed by atoms with van der Waals surface area (Å²) in [6.45, 7) is 1.88. The highest BCUT2D eigenvalue weighted by atomic mass is 32.2. The normalized spacial score (nSPS) is 14.9. The van der Waals surface area contributed by atoms with Crippen molar-refractivity contribution in [1.82, 2.24) is 0 Å². The number of nitrogens with two attached hydrogens (primary N) is 1. The largest absolute Gasteiger partial charge is 0.468 e. The van der Waals surface area contributed by atoms with Crippen molar-refractivity contribution in [3.63, 3.8) is 0 Å². The van der Waals surface area contributed by atoms with Gasteiger partial charge in [0, 0.05) is 6.61 Å². The van der Waals surface area contributed by atoms with E-state index in [2.05, 4.69) is 4.74 Å². The first-order valence-electron chi connectivity index (χ1n) is 4.60. The van der Waals surface area contributed by atoms with Gasteiger partial charge in [-0.15, -0.1) is 0 Å². The average molecular weight is 221 g/mol. The number of ether oxygens (including phenoxy) is 1. The molecule has 0 fully saturated rings. The summed E-state index contributed by atoms with van der Waals surface area (Å²) < 4.78 is 4.58. The molecular formula is C9H19NO3S. The highest BCUT2D eigenvalue weighted by Gasteiger charge is 2.28. The van der Waals surface area contributed by atoms with E-state index in [1.165, 1.54) is 7.11 Å². The van der Waals surface area contributed by atoms with Crippen molar-refractivity contribution >= 4 is 17.7 Å². The van der Waals surface area contributed by atoms with Gasteiger partial charge in [-0.25, -0.2) is 0 Å². The predicted molar refractivity (Wildman–Crippen MR) is 58.3 cm³/mol. The molecule has 0 aliphatic rings. The molecule has 1 atom stereocenters. The van der Waals surface area contributed by atoms with Crippen LogP contribution in [-0.4, -0.2) is 41.8 Å². The van der Waals surface area contributed by atoms with E-state index in [0.29, 0.717) is 6.42 Å². The molecule has 1 unspecified atom stereocenters. The molecule has 0 saturated heterocycles. The number of methoxy groups -OCH3 is 1. The van der Waals surface area contributed by atoms with E-state index in [0.717, 1.165) is 17.9 Å². The monoisotopic (exact) mass is 221 g/mol. The Labute approximate surface area is 89.2 Å². The number of aliphatic hydroxyl groups is 1. The van der Waals surface area contributed by atoms with Gasteiger partial charge in [-0.2, -0.15) is 11.8 Å². The van der Waals surface area contributed by atoms with Crippen molar-refractivity contribution in [1.29, 1.82) is 0 Å². The zero-order valence-electron chi connectivity index (χ0n) is 8.78. The summed E-state index contributed by atoms with van der Waals surface area (Å²) in [7, 11) is 1.34. The highest BCUT2D eigenvalue weighted by molar-refractivity contribution is 7.99. The first-order chi connectivity index (χ1) is 6.54. The quantitative estimate of drug-likeness (QED) is 0.480. The number of carbonyl (C=O) groups excluding carboxylic acids is 1. The van der Waals surface area contributed by atoms with Gasteiger partial charge >= 0.3 is 5.97 Å². The third-order valence-electron chi connectivity index (χ3n) is 1.86. The second-order valence-corrected chi connectivity index (χ2v) is 4.57. The minimum atomic E-state index is -0.888. The number of esters is 1. The third kappa shape index (κ3) is 5.47. The Balaban J connectivity index is 3.60. The van der Waals surface area contributed by atoms with Gasteiger partial charge in [-0.3, -0.25) is 4.79 Å². The van der Waals surface area contributed by atoms with Crippen LogP contribution in [-0.2, 0) is 9.53 Å². The maximum atomic E-state index is 11.2. The fourth-order valence-electron chi connectivity index (χ4n) is 0.888. The first kappa shape index (κ1) is 13.7. The molecule has 3 N–H and O–H groups in total. The highest BCUT2D eigenvalue weighted by Crippen LogP contribution is 2.13. The lowest BCUT2D eigenvalue weighted by Gasteiger charge is -2.20. The molecule has 0 aromatic carbocycles. The fourth-order valence-corrected chi connectivity index (χ4v) is 1.99. The summed E-state index contributed by atoms with van der Waals surface area (Å²) in [6, 6.07) is 0. The smallest absolute Gasteiger partial charge is 0.325 e.